The van der Waals surface area contributed by atoms with Crippen LogP contribution in [0.3, 0.4) is 0 Å². The lowest BCUT2D eigenvalue weighted by Gasteiger charge is -2.08. The first-order chi connectivity index (χ1) is 13.2. The van der Waals surface area contributed by atoms with E-state index in [1.165, 1.54) is 0 Å². The Morgan fingerprint density at radius 1 is 0.571 bits per heavy atom. The van der Waals surface area contributed by atoms with Crippen LogP contribution in [0.25, 0.3) is 0 Å². The number of hydrogen-bond donors (Lipinski definition) is 0. The van der Waals surface area contributed by atoms with Crippen LogP contribution in [0.2, 0.25) is 0 Å². The Hall–Kier alpha value is -1.74. The molecule has 0 fully saturated rings. The van der Waals surface area contributed by atoms with Gasteiger partial charge in [-0.05, 0) is 38.1 Å². The van der Waals surface area contributed by atoms with Crippen molar-refractivity contribution >= 4 is 19.7 Å². The molecule has 0 amide bonds. The molecule has 0 atom stereocenters. The lowest BCUT2D eigenvalue weighted by atomic mass is 10.2. The van der Waals surface area contributed by atoms with E-state index in [1.807, 2.05) is 13.8 Å². The summed E-state index contributed by atoms with van der Waals surface area (Å²) in [7, 11) is -6.75. The van der Waals surface area contributed by atoms with Crippen molar-refractivity contribution in [1.29, 1.82) is 0 Å². The minimum atomic E-state index is -3.37. The molecule has 0 aliphatic carbocycles. The van der Waals surface area contributed by atoms with Crippen LogP contribution >= 0.6 is 0 Å². The minimum Gasteiger partial charge on any atom is -0.378 e. The highest BCUT2D eigenvalue weighted by molar-refractivity contribution is 7.91. The average Bonchev–Trinajstić information content (AvgIpc) is 2.64. The number of ether oxygens (including phenoxy) is 2. The predicted molar refractivity (Wildman–Crippen MR) is 108 cm³/mol. The van der Waals surface area contributed by atoms with Gasteiger partial charge < -0.3 is 9.47 Å². The zero-order chi connectivity index (χ0) is 20.6. The molecule has 2 aromatic carbocycles. The molecule has 154 valence electrons. The predicted octanol–water partition coefficient (Wildman–Crippen LogP) is 2.58. The summed E-state index contributed by atoms with van der Waals surface area (Å²) in [4.78, 5) is 0.554. The third kappa shape index (κ3) is 7.01. The maximum Gasteiger partial charge on any atom is 0.180 e. The Morgan fingerprint density at radius 2 is 0.893 bits per heavy atom. The van der Waals surface area contributed by atoms with Crippen molar-refractivity contribution in [1.82, 2.24) is 0 Å². The molecule has 0 aromatic heterocycles. The number of aryl methyl sites for hydroxylation is 2. The fourth-order valence-corrected chi connectivity index (χ4v) is 4.63. The Kier molecular flexibility index (Phi) is 8.18. The average molecular weight is 427 g/mol. The molecule has 8 heteroatoms. The standard InChI is InChI=1S/C20H26O6S2/c1-17-3-7-19(8-4-17)27(21,22)15-13-25-11-12-26-14-16-28(23,24)20-9-5-18(2)6-10-20/h3-10H,11-16H2,1-2H3. The summed E-state index contributed by atoms with van der Waals surface area (Å²) < 4.78 is 59.2. The van der Waals surface area contributed by atoms with Gasteiger partial charge in [0.15, 0.2) is 19.7 Å². The molecule has 0 spiro atoms. The maximum atomic E-state index is 12.2. The number of benzene rings is 2. The monoisotopic (exact) mass is 426 g/mol. The Balaban J connectivity index is 1.63. The van der Waals surface area contributed by atoms with E-state index in [9.17, 15) is 16.8 Å². The van der Waals surface area contributed by atoms with Crippen LogP contribution in [-0.4, -0.2) is 54.8 Å². The van der Waals surface area contributed by atoms with E-state index < -0.39 is 19.7 Å². The lowest BCUT2D eigenvalue weighted by Crippen LogP contribution is -2.17. The molecule has 28 heavy (non-hydrogen) atoms. The molecule has 0 N–H and O–H groups in total. The topological polar surface area (TPSA) is 86.7 Å². The van der Waals surface area contributed by atoms with Crippen molar-refractivity contribution in [2.75, 3.05) is 37.9 Å². The summed E-state index contributed by atoms with van der Waals surface area (Å²) in [6.07, 6.45) is 0. The normalized spacial score (nSPS) is 12.2. The summed E-state index contributed by atoms with van der Waals surface area (Å²) in [5, 5.41) is 0. The van der Waals surface area contributed by atoms with Gasteiger partial charge in [-0.1, -0.05) is 35.4 Å². The van der Waals surface area contributed by atoms with E-state index >= 15 is 0 Å². The second-order valence-corrected chi connectivity index (χ2v) is 10.7. The van der Waals surface area contributed by atoms with Gasteiger partial charge in [0.2, 0.25) is 0 Å². The van der Waals surface area contributed by atoms with Gasteiger partial charge in [0.05, 0.1) is 47.7 Å². The highest BCUT2D eigenvalue weighted by Gasteiger charge is 2.15. The van der Waals surface area contributed by atoms with E-state index in [4.69, 9.17) is 9.47 Å². The molecule has 0 bridgehead atoms. The SMILES string of the molecule is Cc1ccc(S(=O)(=O)CCOCCOCCS(=O)(=O)c2ccc(C)cc2)cc1. The van der Waals surface area contributed by atoms with E-state index in [0.717, 1.165) is 11.1 Å². The van der Waals surface area contributed by atoms with Gasteiger partial charge in [-0.2, -0.15) is 0 Å². The number of rotatable bonds is 11. The van der Waals surface area contributed by atoms with Gasteiger partial charge in [0.1, 0.15) is 0 Å². The summed E-state index contributed by atoms with van der Waals surface area (Å²) in [6, 6.07) is 13.4. The van der Waals surface area contributed by atoms with Crippen LogP contribution in [0, 0.1) is 13.8 Å². The van der Waals surface area contributed by atoms with Gasteiger partial charge >= 0.3 is 0 Å². The molecule has 0 saturated carbocycles. The molecular weight excluding hydrogens is 400 g/mol. The number of sulfone groups is 2. The maximum absolute atomic E-state index is 12.2. The zero-order valence-corrected chi connectivity index (χ0v) is 17.8. The van der Waals surface area contributed by atoms with Crippen LogP contribution < -0.4 is 0 Å². The van der Waals surface area contributed by atoms with Crippen LogP contribution in [0.1, 0.15) is 11.1 Å². The molecule has 0 heterocycles. The van der Waals surface area contributed by atoms with Crippen molar-refractivity contribution in [3.05, 3.63) is 59.7 Å². The molecule has 2 aromatic rings. The quantitative estimate of drug-likeness (QED) is 0.513. The van der Waals surface area contributed by atoms with Crippen LogP contribution in [0.4, 0.5) is 0 Å². The van der Waals surface area contributed by atoms with Crippen molar-refractivity contribution in [2.24, 2.45) is 0 Å². The Bertz CT molecular complexity index is 865. The molecule has 0 aliphatic rings. The first-order valence-electron chi connectivity index (χ1n) is 8.95. The summed E-state index contributed by atoms with van der Waals surface area (Å²) in [5.41, 5.74) is 1.99. The van der Waals surface area contributed by atoms with E-state index in [2.05, 4.69) is 0 Å². The van der Waals surface area contributed by atoms with Gasteiger partial charge in [-0.25, -0.2) is 16.8 Å². The van der Waals surface area contributed by atoms with Crippen molar-refractivity contribution in [3.8, 4) is 0 Å². The molecule has 2 rings (SSSR count). The second-order valence-electron chi connectivity index (χ2n) is 6.49. The largest absolute Gasteiger partial charge is 0.378 e. The van der Waals surface area contributed by atoms with E-state index in [0.29, 0.717) is 0 Å². The van der Waals surface area contributed by atoms with Crippen molar-refractivity contribution in [2.45, 2.75) is 23.6 Å². The van der Waals surface area contributed by atoms with E-state index in [-0.39, 0.29) is 47.7 Å². The number of hydrogen-bond acceptors (Lipinski definition) is 6. The third-order valence-corrected chi connectivity index (χ3v) is 7.51. The highest BCUT2D eigenvalue weighted by Crippen LogP contribution is 2.13. The highest BCUT2D eigenvalue weighted by atomic mass is 32.2. The summed E-state index contributed by atoms with van der Waals surface area (Å²) in [5.74, 6) is -0.226. The minimum absolute atomic E-state index is 0.0568. The Morgan fingerprint density at radius 3 is 1.21 bits per heavy atom. The smallest absolute Gasteiger partial charge is 0.180 e. The molecule has 0 saturated heterocycles. The molecule has 0 aliphatic heterocycles. The molecular formula is C20H26O6S2. The first-order valence-corrected chi connectivity index (χ1v) is 12.3. The molecule has 0 radical (unpaired) electrons. The lowest BCUT2D eigenvalue weighted by molar-refractivity contribution is 0.0597. The summed E-state index contributed by atoms with van der Waals surface area (Å²) in [6.45, 7) is 4.31. The fraction of sp³-hybridized carbons (Fsp3) is 0.400. The van der Waals surface area contributed by atoms with Gasteiger partial charge in [0, 0.05) is 0 Å². The molecule has 0 unspecified atom stereocenters. The van der Waals surface area contributed by atoms with Crippen LogP contribution in [-0.2, 0) is 29.1 Å². The molecule has 6 nitrogen and oxygen atoms in total. The Labute approximate surface area is 167 Å². The van der Waals surface area contributed by atoms with Crippen LogP contribution in [0.5, 0.6) is 0 Å². The van der Waals surface area contributed by atoms with Crippen LogP contribution in [0.15, 0.2) is 58.3 Å². The first kappa shape index (κ1) is 22.5. The van der Waals surface area contributed by atoms with Crippen molar-refractivity contribution < 1.29 is 26.3 Å². The van der Waals surface area contributed by atoms with Gasteiger partial charge in [-0.3, -0.25) is 0 Å². The zero-order valence-electron chi connectivity index (χ0n) is 16.1. The van der Waals surface area contributed by atoms with Gasteiger partial charge in [0.25, 0.3) is 0 Å². The fourth-order valence-electron chi connectivity index (χ4n) is 2.39. The van der Waals surface area contributed by atoms with Crippen molar-refractivity contribution in [3.63, 3.8) is 0 Å². The van der Waals surface area contributed by atoms with E-state index in [1.54, 1.807) is 48.5 Å². The summed E-state index contributed by atoms with van der Waals surface area (Å²) >= 11 is 0. The second kappa shape index (κ2) is 10.2. The van der Waals surface area contributed by atoms with Gasteiger partial charge in [-0.15, -0.1) is 0 Å². The third-order valence-electron chi connectivity index (χ3n) is 4.13.